The van der Waals surface area contributed by atoms with E-state index in [2.05, 4.69) is 22.6 Å². The van der Waals surface area contributed by atoms with Crippen LogP contribution < -0.4 is 10.5 Å². The molecule has 2 aromatic carbocycles. The molecule has 1 atom stereocenters. The van der Waals surface area contributed by atoms with E-state index >= 15 is 0 Å². The van der Waals surface area contributed by atoms with Crippen molar-refractivity contribution in [2.75, 3.05) is 7.11 Å². The zero-order chi connectivity index (χ0) is 13.1. The molecule has 0 aromatic heterocycles. The lowest BCUT2D eigenvalue weighted by atomic mass is 9.99. The SMILES string of the molecule is COc1cc(C(N)c2ccc(I)cc2)ccc1Cl. The Bertz CT molecular complexity index is 542. The summed E-state index contributed by atoms with van der Waals surface area (Å²) in [6.07, 6.45) is 0. The molecule has 2 rings (SSSR count). The Labute approximate surface area is 125 Å². The summed E-state index contributed by atoms with van der Waals surface area (Å²) in [6.45, 7) is 0. The van der Waals surface area contributed by atoms with Gasteiger partial charge in [0, 0.05) is 3.57 Å². The molecule has 0 saturated carbocycles. The van der Waals surface area contributed by atoms with Crippen molar-refractivity contribution in [3.05, 3.63) is 62.2 Å². The minimum Gasteiger partial charge on any atom is -0.495 e. The zero-order valence-electron chi connectivity index (χ0n) is 9.86. The van der Waals surface area contributed by atoms with Gasteiger partial charge in [-0.05, 0) is 58.0 Å². The first-order chi connectivity index (χ1) is 8.61. The van der Waals surface area contributed by atoms with Crippen molar-refractivity contribution in [3.63, 3.8) is 0 Å². The molecule has 0 aliphatic carbocycles. The zero-order valence-corrected chi connectivity index (χ0v) is 12.8. The standard InChI is InChI=1S/C14H13ClINO/c1-18-13-8-10(4-7-12(13)15)14(17)9-2-5-11(16)6-3-9/h2-8,14H,17H2,1H3. The Balaban J connectivity index is 2.33. The van der Waals surface area contributed by atoms with E-state index in [1.54, 1.807) is 7.11 Å². The molecular weight excluding hydrogens is 361 g/mol. The van der Waals surface area contributed by atoms with Gasteiger partial charge in [0.1, 0.15) is 5.75 Å². The lowest BCUT2D eigenvalue weighted by Gasteiger charge is -2.14. The first kappa shape index (κ1) is 13.6. The third kappa shape index (κ3) is 2.96. The number of rotatable bonds is 3. The molecule has 1 unspecified atom stereocenters. The monoisotopic (exact) mass is 373 g/mol. The average Bonchev–Trinajstić information content (AvgIpc) is 2.39. The van der Waals surface area contributed by atoms with E-state index in [-0.39, 0.29) is 6.04 Å². The van der Waals surface area contributed by atoms with Crippen molar-refractivity contribution < 1.29 is 4.74 Å². The van der Waals surface area contributed by atoms with Gasteiger partial charge in [0.15, 0.2) is 0 Å². The van der Waals surface area contributed by atoms with Crippen LogP contribution in [0.15, 0.2) is 42.5 Å². The molecule has 0 heterocycles. The van der Waals surface area contributed by atoms with Crippen molar-refractivity contribution in [1.29, 1.82) is 0 Å². The van der Waals surface area contributed by atoms with Gasteiger partial charge in [-0.15, -0.1) is 0 Å². The minimum atomic E-state index is -0.173. The highest BCUT2D eigenvalue weighted by Gasteiger charge is 2.11. The summed E-state index contributed by atoms with van der Waals surface area (Å²) in [5.74, 6) is 0.648. The maximum Gasteiger partial charge on any atom is 0.137 e. The first-order valence-corrected chi connectivity index (χ1v) is 6.92. The van der Waals surface area contributed by atoms with Crippen LogP contribution in [0.2, 0.25) is 5.02 Å². The summed E-state index contributed by atoms with van der Waals surface area (Å²) >= 11 is 8.27. The fourth-order valence-electron chi connectivity index (χ4n) is 1.73. The summed E-state index contributed by atoms with van der Waals surface area (Å²) in [4.78, 5) is 0. The summed E-state index contributed by atoms with van der Waals surface area (Å²) in [5.41, 5.74) is 8.29. The number of benzene rings is 2. The van der Waals surface area contributed by atoms with Gasteiger partial charge in [-0.1, -0.05) is 29.8 Å². The smallest absolute Gasteiger partial charge is 0.137 e. The van der Waals surface area contributed by atoms with E-state index in [4.69, 9.17) is 22.1 Å². The van der Waals surface area contributed by atoms with Crippen LogP contribution in [0.3, 0.4) is 0 Å². The molecule has 18 heavy (non-hydrogen) atoms. The number of nitrogens with two attached hydrogens (primary N) is 1. The first-order valence-electron chi connectivity index (χ1n) is 5.46. The Morgan fingerprint density at radius 2 is 1.72 bits per heavy atom. The van der Waals surface area contributed by atoms with Crippen molar-refractivity contribution in [2.24, 2.45) is 5.73 Å². The maximum absolute atomic E-state index is 6.24. The lowest BCUT2D eigenvalue weighted by Crippen LogP contribution is -2.11. The van der Waals surface area contributed by atoms with Gasteiger partial charge < -0.3 is 10.5 Å². The van der Waals surface area contributed by atoms with E-state index in [0.29, 0.717) is 10.8 Å². The van der Waals surface area contributed by atoms with Crippen LogP contribution in [0.4, 0.5) is 0 Å². The second kappa shape index (κ2) is 5.91. The predicted molar refractivity (Wildman–Crippen MR) is 83.2 cm³/mol. The van der Waals surface area contributed by atoms with Crippen molar-refractivity contribution in [2.45, 2.75) is 6.04 Å². The number of hydrogen-bond acceptors (Lipinski definition) is 2. The van der Waals surface area contributed by atoms with Crippen LogP contribution in [0.5, 0.6) is 5.75 Å². The summed E-state index contributed by atoms with van der Waals surface area (Å²) < 4.78 is 6.39. The summed E-state index contributed by atoms with van der Waals surface area (Å²) in [7, 11) is 1.60. The molecule has 0 fully saturated rings. The molecule has 2 aromatic rings. The molecule has 94 valence electrons. The Kier molecular flexibility index (Phi) is 4.48. The van der Waals surface area contributed by atoms with E-state index in [1.165, 1.54) is 3.57 Å². The molecular formula is C14H13ClINO. The average molecular weight is 374 g/mol. The number of methoxy groups -OCH3 is 1. The van der Waals surface area contributed by atoms with Gasteiger partial charge in [-0.2, -0.15) is 0 Å². The predicted octanol–water partition coefficient (Wildman–Crippen LogP) is 4.00. The van der Waals surface area contributed by atoms with Gasteiger partial charge >= 0.3 is 0 Å². The molecule has 0 radical (unpaired) electrons. The summed E-state index contributed by atoms with van der Waals surface area (Å²) in [5, 5.41) is 0.594. The van der Waals surface area contributed by atoms with Gasteiger partial charge in [0.25, 0.3) is 0 Å². The topological polar surface area (TPSA) is 35.2 Å². The number of hydrogen-bond donors (Lipinski definition) is 1. The molecule has 0 saturated heterocycles. The Hall–Kier alpha value is -0.780. The molecule has 4 heteroatoms. The van der Waals surface area contributed by atoms with Crippen LogP contribution in [0.1, 0.15) is 17.2 Å². The third-order valence-corrected chi connectivity index (χ3v) is 3.79. The van der Waals surface area contributed by atoms with Crippen molar-refractivity contribution >= 4 is 34.2 Å². The van der Waals surface area contributed by atoms with E-state index in [1.807, 2.05) is 42.5 Å². The number of ether oxygens (including phenoxy) is 1. The van der Waals surface area contributed by atoms with Crippen molar-refractivity contribution in [3.8, 4) is 5.75 Å². The molecule has 0 aliphatic rings. The minimum absolute atomic E-state index is 0.173. The quantitative estimate of drug-likeness (QED) is 0.825. The van der Waals surface area contributed by atoms with Crippen molar-refractivity contribution in [1.82, 2.24) is 0 Å². The Morgan fingerprint density at radius 3 is 2.33 bits per heavy atom. The largest absolute Gasteiger partial charge is 0.495 e. The number of halogens is 2. The highest BCUT2D eigenvalue weighted by atomic mass is 127. The van der Waals surface area contributed by atoms with Crippen LogP contribution >= 0.6 is 34.2 Å². The summed E-state index contributed by atoms with van der Waals surface area (Å²) in [6, 6.07) is 13.6. The molecule has 0 aliphatic heterocycles. The molecule has 0 spiro atoms. The van der Waals surface area contributed by atoms with E-state index < -0.39 is 0 Å². The maximum atomic E-state index is 6.24. The third-order valence-electron chi connectivity index (χ3n) is 2.76. The van der Waals surface area contributed by atoms with Crippen LogP contribution in [0.25, 0.3) is 0 Å². The molecule has 0 bridgehead atoms. The van der Waals surface area contributed by atoms with Gasteiger partial charge in [-0.3, -0.25) is 0 Å². The van der Waals surface area contributed by atoms with Gasteiger partial charge in [0.2, 0.25) is 0 Å². The second-order valence-corrected chi connectivity index (χ2v) is 5.58. The van der Waals surface area contributed by atoms with Crippen LogP contribution in [-0.4, -0.2) is 7.11 Å². The second-order valence-electron chi connectivity index (χ2n) is 3.92. The van der Waals surface area contributed by atoms with Crippen LogP contribution in [-0.2, 0) is 0 Å². The van der Waals surface area contributed by atoms with Crippen LogP contribution in [0, 0.1) is 3.57 Å². The Morgan fingerprint density at radius 1 is 1.11 bits per heavy atom. The fourth-order valence-corrected chi connectivity index (χ4v) is 2.29. The normalized spacial score (nSPS) is 12.2. The van der Waals surface area contributed by atoms with E-state index in [9.17, 15) is 0 Å². The van der Waals surface area contributed by atoms with Gasteiger partial charge in [-0.25, -0.2) is 0 Å². The lowest BCUT2D eigenvalue weighted by molar-refractivity contribution is 0.414. The highest BCUT2D eigenvalue weighted by molar-refractivity contribution is 14.1. The molecule has 0 amide bonds. The molecule has 2 N–H and O–H groups in total. The fraction of sp³-hybridized carbons (Fsp3) is 0.143. The highest BCUT2D eigenvalue weighted by Crippen LogP contribution is 2.29. The molecule has 2 nitrogen and oxygen atoms in total. The van der Waals surface area contributed by atoms with E-state index in [0.717, 1.165) is 11.1 Å². The van der Waals surface area contributed by atoms with Gasteiger partial charge in [0.05, 0.1) is 18.2 Å².